The van der Waals surface area contributed by atoms with E-state index in [2.05, 4.69) is 0 Å². The third kappa shape index (κ3) is 2.33. The Hall–Kier alpha value is -1.56. The standard InChI is InChI=1S/C12H12F3NO2/c13-12(14,15)10-3-1-9(2-4-10)11(18)5-6-16(7-11)8-17/h1-4,8,18H,5-7H2/t11-/m1/s1. The van der Waals surface area contributed by atoms with Crippen LogP contribution >= 0.6 is 0 Å². The average molecular weight is 259 g/mol. The summed E-state index contributed by atoms with van der Waals surface area (Å²) in [6.07, 6.45) is -3.43. The normalized spacial score (nSPS) is 24.3. The second-order valence-corrected chi connectivity index (χ2v) is 4.43. The molecule has 1 aliphatic rings. The lowest BCUT2D eigenvalue weighted by molar-refractivity contribution is -0.137. The summed E-state index contributed by atoms with van der Waals surface area (Å²) in [6, 6.07) is 4.40. The van der Waals surface area contributed by atoms with Crippen LogP contribution in [0.15, 0.2) is 24.3 Å². The van der Waals surface area contributed by atoms with Gasteiger partial charge in [-0.15, -0.1) is 0 Å². The summed E-state index contributed by atoms with van der Waals surface area (Å²) in [5, 5.41) is 10.3. The molecule has 1 aromatic rings. The third-order valence-electron chi connectivity index (χ3n) is 3.18. The minimum atomic E-state index is -4.38. The highest BCUT2D eigenvalue weighted by atomic mass is 19.4. The molecule has 0 radical (unpaired) electrons. The first-order valence-corrected chi connectivity index (χ1v) is 5.45. The van der Waals surface area contributed by atoms with Crippen LogP contribution in [-0.4, -0.2) is 29.5 Å². The van der Waals surface area contributed by atoms with Crippen LogP contribution in [0, 0.1) is 0 Å². The molecular weight excluding hydrogens is 247 g/mol. The number of hydrogen-bond acceptors (Lipinski definition) is 2. The van der Waals surface area contributed by atoms with Gasteiger partial charge in [0.2, 0.25) is 6.41 Å². The zero-order chi connectivity index (χ0) is 13.4. The Labute approximate surface area is 102 Å². The van der Waals surface area contributed by atoms with E-state index in [0.717, 1.165) is 12.1 Å². The highest BCUT2D eigenvalue weighted by Gasteiger charge is 2.38. The summed E-state index contributed by atoms with van der Waals surface area (Å²) < 4.78 is 37.2. The van der Waals surface area contributed by atoms with E-state index in [1.807, 2.05) is 0 Å². The lowest BCUT2D eigenvalue weighted by atomic mass is 9.92. The first-order chi connectivity index (χ1) is 8.35. The molecule has 2 rings (SSSR count). The number of halogens is 3. The second-order valence-electron chi connectivity index (χ2n) is 4.43. The van der Waals surface area contributed by atoms with Crippen LogP contribution in [0.4, 0.5) is 13.2 Å². The predicted octanol–water partition coefficient (Wildman–Crippen LogP) is 1.76. The van der Waals surface area contributed by atoms with E-state index in [9.17, 15) is 23.1 Å². The van der Waals surface area contributed by atoms with Gasteiger partial charge in [0.25, 0.3) is 0 Å². The van der Waals surface area contributed by atoms with Crippen LogP contribution < -0.4 is 0 Å². The lowest BCUT2D eigenvalue weighted by Gasteiger charge is -2.23. The molecule has 1 aliphatic heterocycles. The lowest BCUT2D eigenvalue weighted by Crippen LogP contribution is -2.30. The summed E-state index contributed by atoms with van der Waals surface area (Å²) >= 11 is 0. The molecule has 0 unspecified atom stereocenters. The van der Waals surface area contributed by atoms with Crippen molar-refractivity contribution in [2.75, 3.05) is 13.1 Å². The molecule has 1 fully saturated rings. The quantitative estimate of drug-likeness (QED) is 0.822. The summed E-state index contributed by atoms with van der Waals surface area (Å²) in [5.74, 6) is 0. The van der Waals surface area contributed by atoms with Crippen molar-refractivity contribution < 1.29 is 23.1 Å². The SMILES string of the molecule is O=CN1CC[C@](O)(c2ccc(C(F)(F)F)cc2)C1. The number of aliphatic hydroxyl groups is 1. The molecule has 6 heteroatoms. The third-order valence-corrected chi connectivity index (χ3v) is 3.18. The topological polar surface area (TPSA) is 40.5 Å². The number of benzene rings is 1. The van der Waals surface area contributed by atoms with Gasteiger partial charge >= 0.3 is 6.18 Å². The number of alkyl halides is 3. The summed E-state index contributed by atoms with van der Waals surface area (Å²) in [6.45, 7) is 0.517. The van der Waals surface area contributed by atoms with Gasteiger partial charge < -0.3 is 10.0 Å². The van der Waals surface area contributed by atoms with E-state index in [0.29, 0.717) is 24.9 Å². The molecule has 0 saturated carbocycles. The maximum absolute atomic E-state index is 12.4. The number of amides is 1. The fourth-order valence-electron chi connectivity index (χ4n) is 2.12. The Kier molecular flexibility index (Phi) is 3.06. The Morgan fingerprint density at radius 1 is 1.28 bits per heavy atom. The van der Waals surface area contributed by atoms with E-state index in [1.165, 1.54) is 17.0 Å². The first kappa shape index (κ1) is 12.9. The van der Waals surface area contributed by atoms with E-state index < -0.39 is 17.3 Å². The Bertz CT molecular complexity index is 444. The number of carbonyl (C=O) groups excluding carboxylic acids is 1. The number of carbonyl (C=O) groups is 1. The molecule has 0 aliphatic carbocycles. The monoisotopic (exact) mass is 259 g/mol. The van der Waals surface area contributed by atoms with Crippen molar-refractivity contribution in [1.29, 1.82) is 0 Å². The molecule has 1 saturated heterocycles. The molecule has 98 valence electrons. The first-order valence-electron chi connectivity index (χ1n) is 5.45. The second kappa shape index (κ2) is 4.28. The molecular formula is C12H12F3NO2. The molecule has 1 heterocycles. The Morgan fingerprint density at radius 2 is 1.89 bits per heavy atom. The fraction of sp³-hybridized carbons (Fsp3) is 0.417. The van der Waals surface area contributed by atoms with Crippen LogP contribution in [0.25, 0.3) is 0 Å². The van der Waals surface area contributed by atoms with Crippen LogP contribution in [0.5, 0.6) is 0 Å². The minimum absolute atomic E-state index is 0.113. The molecule has 0 bridgehead atoms. The van der Waals surface area contributed by atoms with Crippen LogP contribution in [-0.2, 0) is 16.6 Å². The van der Waals surface area contributed by atoms with Gasteiger partial charge in [0.15, 0.2) is 0 Å². The van der Waals surface area contributed by atoms with Crippen molar-refractivity contribution in [3.05, 3.63) is 35.4 Å². The van der Waals surface area contributed by atoms with Crippen LogP contribution in [0.2, 0.25) is 0 Å². The van der Waals surface area contributed by atoms with Gasteiger partial charge in [-0.2, -0.15) is 13.2 Å². The molecule has 3 nitrogen and oxygen atoms in total. The van der Waals surface area contributed by atoms with E-state index in [1.54, 1.807) is 0 Å². The maximum Gasteiger partial charge on any atom is 0.416 e. The molecule has 0 aromatic heterocycles. The van der Waals surface area contributed by atoms with E-state index in [-0.39, 0.29) is 6.54 Å². The van der Waals surface area contributed by atoms with Crippen molar-refractivity contribution >= 4 is 6.41 Å². The molecule has 1 N–H and O–H groups in total. The van der Waals surface area contributed by atoms with Crippen molar-refractivity contribution in [2.24, 2.45) is 0 Å². The fourth-order valence-corrected chi connectivity index (χ4v) is 2.12. The molecule has 1 atom stereocenters. The highest BCUT2D eigenvalue weighted by molar-refractivity contribution is 5.48. The number of likely N-dealkylation sites (tertiary alicyclic amines) is 1. The zero-order valence-corrected chi connectivity index (χ0v) is 9.44. The molecule has 1 aromatic carbocycles. The average Bonchev–Trinajstić information content (AvgIpc) is 2.72. The Morgan fingerprint density at radius 3 is 2.33 bits per heavy atom. The Balaban J connectivity index is 2.22. The van der Waals surface area contributed by atoms with E-state index in [4.69, 9.17) is 0 Å². The molecule has 0 spiro atoms. The number of hydrogen-bond donors (Lipinski definition) is 1. The number of β-amino-alcohol motifs (C(OH)–C–C–N with tert-alkyl or cyclic N) is 1. The van der Waals surface area contributed by atoms with Gasteiger partial charge in [0.05, 0.1) is 12.1 Å². The summed E-state index contributed by atoms with van der Waals surface area (Å²) in [5.41, 5.74) is -1.59. The zero-order valence-electron chi connectivity index (χ0n) is 9.44. The van der Waals surface area contributed by atoms with Crippen molar-refractivity contribution in [3.63, 3.8) is 0 Å². The van der Waals surface area contributed by atoms with Gasteiger partial charge in [-0.25, -0.2) is 0 Å². The van der Waals surface area contributed by atoms with Gasteiger partial charge in [-0.3, -0.25) is 4.79 Å². The minimum Gasteiger partial charge on any atom is -0.383 e. The van der Waals surface area contributed by atoms with Crippen molar-refractivity contribution in [1.82, 2.24) is 4.90 Å². The van der Waals surface area contributed by atoms with Gasteiger partial charge in [-0.05, 0) is 24.1 Å². The maximum atomic E-state index is 12.4. The largest absolute Gasteiger partial charge is 0.416 e. The molecule has 18 heavy (non-hydrogen) atoms. The number of rotatable bonds is 2. The van der Waals surface area contributed by atoms with Crippen molar-refractivity contribution in [3.8, 4) is 0 Å². The summed E-state index contributed by atoms with van der Waals surface area (Å²) in [4.78, 5) is 12.0. The van der Waals surface area contributed by atoms with Crippen LogP contribution in [0.3, 0.4) is 0 Å². The number of nitrogens with zero attached hydrogens (tertiary/aromatic N) is 1. The van der Waals surface area contributed by atoms with Gasteiger partial charge in [0, 0.05) is 6.54 Å². The highest BCUT2D eigenvalue weighted by Crippen LogP contribution is 2.34. The van der Waals surface area contributed by atoms with Crippen LogP contribution in [0.1, 0.15) is 17.5 Å². The molecule has 1 amide bonds. The van der Waals surface area contributed by atoms with E-state index >= 15 is 0 Å². The van der Waals surface area contributed by atoms with Crippen molar-refractivity contribution in [2.45, 2.75) is 18.2 Å². The van der Waals surface area contributed by atoms with Gasteiger partial charge in [-0.1, -0.05) is 12.1 Å². The smallest absolute Gasteiger partial charge is 0.383 e. The summed E-state index contributed by atoms with van der Waals surface area (Å²) in [7, 11) is 0. The predicted molar refractivity (Wildman–Crippen MR) is 57.6 cm³/mol. The van der Waals surface area contributed by atoms with Gasteiger partial charge in [0.1, 0.15) is 5.60 Å².